The van der Waals surface area contributed by atoms with Gasteiger partial charge in [-0.15, -0.1) is 0 Å². The fourth-order valence-corrected chi connectivity index (χ4v) is 1.27. The van der Waals surface area contributed by atoms with E-state index in [9.17, 15) is 4.79 Å². The van der Waals surface area contributed by atoms with Crippen molar-refractivity contribution in [1.82, 2.24) is 0 Å². The molecule has 0 aliphatic carbocycles. The summed E-state index contributed by atoms with van der Waals surface area (Å²) in [5.74, 6) is 0.673. The maximum Gasteiger partial charge on any atom is 0.343 e. The molecule has 4 nitrogen and oxygen atoms in total. The molecule has 1 aromatic rings. The highest BCUT2D eigenvalue weighted by Gasteiger charge is 2.34. The number of hydrogen-bond acceptors (Lipinski definition) is 4. The van der Waals surface area contributed by atoms with Crippen LogP contribution in [0, 0.1) is 6.92 Å². The summed E-state index contributed by atoms with van der Waals surface area (Å²) in [5.41, 5.74) is 0.864. The minimum Gasteiger partial charge on any atom is -0.493 e. The number of esters is 1. The molecule has 1 aromatic carbocycles. The van der Waals surface area contributed by atoms with E-state index in [0.29, 0.717) is 18.1 Å². The molecule has 0 N–H and O–H groups in total. The van der Waals surface area contributed by atoms with E-state index in [1.54, 1.807) is 13.2 Å². The Balaban J connectivity index is 2.21. The normalized spacial score (nSPS) is 18.4. The average molecular weight is 208 g/mol. The Hall–Kier alpha value is -1.55. The summed E-state index contributed by atoms with van der Waals surface area (Å²) in [4.78, 5) is 11.4. The number of methoxy groups -OCH3 is 1. The summed E-state index contributed by atoms with van der Waals surface area (Å²) in [7, 11) is 1.54. The minimum absolute atomic E-state index is 0.359. The summed E-state index contributed by atoms with van der Waals surface area (Å²) in [6, 6.07) is 5.46. The van der Waals surface area contributed by atoms with Crippen LogP contribution < -0.4 is 9.47 Å². The van der Waals surface area contributed by atoms with Crippen LogP contribution in [0.25, 0.3) is 0 Å². The van der Waals surface area contributed by atoms with Crippen molar-refractivity contribution in [2.24, 2.45) is 0 Å². The molecule has 0 saturated carbocycles. The standard InChI is InChI=1S/C11H12O4/c1-7-4-3-5-8(13-2)10(7)15-11(12)9-6-14-9/h3-5,9H,6H2,1-2H3. The lowest BCUT2D eigenvalue weighted by Crippen LogP contribution is -2.15. The van der Waals surface area contributed by atoms with Crippen LogP contribution in [-0.4, -0.2) is 25.8 Å². The zero-order valence-corrected chi connectivity index (χ0v) is 8.65. The molecule has 2 rings (SSSR count). The first-order valence-corrected chi connectivity index (χ1v) is 4.69. The topological polar surface area (TPSA) is 48.1 Å². The van der Waals surface area contributed by atoms with Crippen molar-refractivity contribution in [3.63, 3.8) is 0 Å². The second-order valence-corrected chi connectivity index (χ2v) is 3.35. The van der Waals surface area contributed by atoms with Gasteiger partial charge in [-0.2, -0.15) is 0 Å². The van der Waals surface area contributed by atoms with Gasteiger partial charge in [0.25, 0.3) is 0 Å². The highest BCUT2D eigenvalue weighted by atomic mass is 16.6. The van der Waals surface area contributed by atoms with Crippen molar-refractivity contribution in [3.8, 4) is 11.5 Å². The molecule has 0 bridgehead atoms. The van der Waals surface area contributed by atoms with Gasteiger partial charge in [-0.1, -0.05) is 12.1 Å². The number of aryl methyl sites for hydroxylation is 1. The van der Waals surface area contributed by atoms with Gasteiger partial charge < -0.3 is 14.2 Å². The molecule has 1 fully saturated rings. The van der Waals surface area contributed by atoms with Gasteiger partial charge in [0, 0.05) is 0 Å². The van der Waals surface area contributed by atoms with Crippen LogP contribution in [0.4, 0.5) is 0 Å². The van der Waals surface area contributed by atoms with Crippen LogP contribution in [0.15, 0.2) is 18.2 Å². The zero-order valence-electron chi connectivity index (χ0n) is 8.65. The van der Waals surface area contributed by atoms with E-state index < -0.39 is 6.10 Å². The molecule has 0 radical (unpaired) electrons. The van der Waals surface area contributed by atoms with Gasteiger partial charge in [0.05, 0.1) is 13.7 Å². The Labute approximate surface area is 87.8 Å². The lowest BCUT2D eigenvalue weighted by molar-refractivity contribution is -0.135. The lowest BCUT2D eigenvalue weighted by Gasteiger charge is -2.10. The van der Waals surface area contributed by atoms with E-state index in [1.165, 1.54) is 0 Å². The molecule has 0 amide bonds. The van der Waals surface area contributed by atoms with E-state index in [-0.39, 0.29) is 5.97 Å². The number of para-hydroxylation sites is 1. The van der Waals surface area contributed by atoms with Crippen LogP contribution >= 0.6 is 0 Å². The monoisotopic (exact) mass is 208 g/mol. The Morgan fingerprint density at radius 3 is 2.87 bits per heavy atom. The first-order valence-electron chi connectivity index (χ1n) is 4.69. The van der Waals surface area contributed by atoms with Crippen LogP contribution in [0.5, 0.6) is 11.5 Å². The van der Waals surface area contributed by atoms with Crippen molar-refractivity contribution in [2.45, 2.75) is 13.0 Å². The van der Waals surface area contributed by atoms with Gasteiger partial charge in [0.2, 0.25) is 0 Å². The molecule has 1 heterocycles. The summed E-state index contributed by atoms with van der Waals surface area (Å²) in [6.45, 7) is 2.31. The number of ether oxygens (including phenoxy) is 3. The van der Waals surface area contributed by atoms with Crippen LogP contribution in [0.3, 0.4) is 0 Å². The number of rotatable bonds is 3. The first kappa shape index (κ1) is 9.98. The molecule has 15 heavy (non-hydrogen) atoms. The fraction of sp³-hybridized carbons (Fsp3) is 0.364. The van der Waals surface area contributed by atoms with Crippen LogP contribution in [-0.2, 0) is 9.53 Å². The van der Waals surface area contributed by atoms with E-state index in [2.05, 4.69) is 0 Å². The van der Waals surface area contributed by atoms with Gasteiger partial charge in [-0.3, -0.25) is 0 Å². The van der Waals surface area contributed by atoms with E-state index in [1.807, 2.05) is 19.1 Å². The molecule has 1 atom stereocenters. The van der Waals surface area contributed by atoms with Crippen molar-refractivity contribution in [1.29, 1.82) is 0 Å². The van der Waals surface area contributed by atoms with Crippen molar-refractivity contribution in [2.75, 3.05) is 13.7 Å². The summed E-state index contributed by atoms with van der Waals surface area (Å²) < 4.78 is 15.2. The number of benzene rings is 1. The molecule has 1 aliphatic rings. The Morgan fingerprint density at radius 1 is 1.53 bits per heavy atom. The SMILES string of the molecule is COc1cccc(C)c1OC(=O)C1CO1. The number of carbonyl (C=O) groups excluding carboxylic acids is 1. The average Bonchev–Trinajstić information content (AvgIpc) is 3.04. The molecule has 1 aliphatic heterocycles. The quantitative estimate of drug-likeness (QED) is 0.427. The smallest absolute Gasteiger partial charge is 0.343 e. The molecular formula is C11H12O4. The van der Waals surface area contributed by atoms with E-state index >= 15 is 0 Å². The molecular weight excluding hydrogens is 196 g/mol. The predicted molar refractivity (Wildman–Crippen MR) is 53.1 cm³/mol. The van der Waals surface area contributed by atoms with Gasteiger partial charge in [-0.25, -0.2) is 4.79 Å². The van der Waals surface area contributed by atoms with Gasteiger partial charge >= 0.3 is 5.97 Å². The molecule has 0 spiro atoms. The third kappa shape index (κ3) is 2.10. The highest BCUT2D eigenvalue weighted by Crippen LogP contribution is 2.31. The number of hydrogen-bond donors (Lipinski definition) is 0. The van der Waals surface area contributed by atoms with E-state index in [4.69, 9.17) is 14.2 Å². The zero-order chi connectivity index (χ0) is 10.8. The van der Waals surface area contributed by atoms with Crippen molar-refractivity contribution in [3.05, 3.63) is 23.8 Å². The summed E-state index contributed by atoms with van der Waals surface area (Å²) >= 11 is 0. The minimum atomic E-state index is -0.394. The third-order valence-corrected chi connectivity index (χ3v) is 2.19. The van der Waals surface area contributed by atoms with Crippen molar-refractivity contribution >= 4 is 5.97 Å². The van der Waals surface area contributed by atoms with Gasteiger partial charge in [0.15, 0.2) is 17.6 Å². The largest absolute Gasteiger partial charge is 0.493 e. The molecule has 0 aromatic heterocycles. The van der Waals surface area contributed by atoms with E-state index in [0.717, 1.165) is 5.56 Å². The second kappa shape index (κ2) is 3.90. The molecule has 80 valence electrons. The van der Waals surface area contributed by atoms with Gasteiger partial charge in [0.1, 0.15) is 0 Å². The fourth-order valence-electron chi connectivity index (χ4n) is 1.27. The van der Waals surface area contributed by atoms with Gasteiger partial charge in [-0.05, 0) is 18.6 Å². The number of epoxide rings is 1. The Morgan fingerprint density at radius 2 is 2.27 bits per heavy atom. The summed E-state index contributed by atoms with van der Waals surface area (Å²) in [5, 5.41) is 0. The Kier molecular flexibility index (Phi) is 2.60. The second-order valence-electron chi connectivity index (χ2n) is 3.35. The highest BCUT2D eigenvalue weighted by molar-refractivity contribution is 5.80. The molecule has 4 heteroatoms. The van der Waals surface area contributed by atoms with Crippen LogP contribution in [0.2, 0.25) is 0 Å². The lowest BCUT2D eigenvalue weighted by atomic mass is 10.2. The summed E-state index contributed by atoms with van der Waals surface area (Å²) in [6.07, 6.45) is -0.394. The third-order valence-electron chi connectivity index (χ3n) is 2.19. The maximum absolute atomic E-state index is 11.4. The number of carbonyl (C=O) groups is 1. The van der Waals surface area contributed by atoms with Crippen LogP contribution in [0.1, 0.15) is 5.56 Å². The molecule has 1 saturated heterocycles. The first-order chi connectivity index (χ1) is 7.22. The van der Waals surface area contributed by atoms with Crippen molar-refractivity contribution < 1.29 is 19.0 Å². The Bertz CT molecular complexity index is 382. The molecule has 1 unspecified atom stereocenters. The maximum atomic E-state index is 11.4. The predicted octanol–water partition coefficient (Wildman–Crippen LogP) is 1.31.